The zero-order valence-electron chi connectivity index (χ0n) is 28.0. The van der Waals surface area contributed by atoms with Gasteiger partial charge in [-0.25, -0.2) is 13.4 Å². The maximum absolute atomic E-state index is 13.1. The maximum atomic E-state index is 13.1. The van der Waals surface area contributed by atoms with Gasteiger partial charge in [-0.1, -0.05) is 23.5 Å². The van der Waals surface area contributed by atoms with Crippen molar-refractivity contribution in [1.29, 1.82) is 0 Å². The van der Waals surface area contributed by atoms with Crippen LogP contribution in [0.15, 0.2) is 28.5 Å². The number of benzene rings is 1. The molecule has 4 bridgehead atoms. The van der Waals surface area contributed by atoms with Crippen molar-refractivity contribution >= 4 is 44.1 Å². The molecule has 0 aliphatic heterocycles. The number of halogens is 6. The van der Waals surface area contributed by atoms with Crippen molar-refractivity contribution in [3.63, 3.8) is 0 Å². The summed E-state index contributed by atoms with van der Waals surface area (Å²) in [6.45, 7) is 2.03. The van der Waals surface area contributed by atoms with Crippen molar-refractivity contribution in [2.45, 2.75) is 67.6 Å². The number of hydrogen-bond acceptors (Lipinski definition) is 11. The van der Waals surface area contributed by atoms with E-state index in [0.717, 1.165) is 37.0 Å². The Morgan fingerprint density at radius 1 is 0.904 bits per heavy atom. The van der Waals surface area contributed by atoms with Crippen LogP contribution in [0, 0.1) is 30.1 Å². The lowest BCUT2D eigenvalue weighted by Gasteiger charge is -2.37. The van der Waals surface area contributed by atoms with Crippen LogP contribution in [-0.4, -0.2) is 89.0 Å². The lowest BCUT2D eigenvalue weighted by atomic mass is 9.68. The van der Waals surface area contributed by atoms with Crippen LogP contribution in [0.1, 0.15) is 49.8 Å². The molecule has 1 aromatic carbocycles. The zero-order chi connectivity index (χ0) is 38.0. The Hall–Kier alpha value is -3.04. The molecule has 4 aliphatic carbocycles. The van der Waals surface area contributed by atoms with Gasteiger partial charge >= 0.3 is 18.3 Å². The largest absolute Gasteiger partial charge is 0.463 e. The van der Waals surface area contributed by atoms with Gasteiger partial charge in [-0.05, 0) is 74.3 Å². The molecule has 1 heterocycles. The first kappa shape index (κ1) is 40.2. The molecule has 4 fully saturated rings. The average molecular weight is 788 g/mol. The minimum absolute atomic E-state index is 0.0511. The SMILES string of the molecule is Cc1nc(NC(=O)COCCOCCOCCOC(=O)CC23CC4CC(C2)C(C4)C3)sc1S(=O)(=O)Nc1ccc(C(O)(C(F)(F)F)C(F)(F)F)cc1. The fourth-order valence-corrected chi connectivity index (χ4v) is 10.2. The minimum atomic E-state index is -6.10. The van der Waals surface area contributed by atoms with E-state index in [1.54, 1.807) is 0 Å². The highest BCUT2D eigenvalue weighted by Crippen LogP contribution is 2.65. The molecule has 1 aromatic heterocycles. The molecule has 2 aromatic rings. The second-order valence-corrected chi connectivity index (χ2v) is 16.4. The van der Waals surface area contributed by atoms with Crippen molar-refractivity contribution in [3.8, 4) is 0 Å². The van der Waals surface area contributed by atoms with Gasteiger partial charge in [0.25, 0.3) is 21.5 Å². The fraction of sp³-hybridized carbons (Fsp3) is 0.656. The molecule has 0 spiro atoms. The second-order valence-electron chi connectivity index (χ2n) is 13.5. The summed E-state index contributed by atoms with van der Waals surface area (Å²) >= 11 is 0.547. The number of carbonyl (C=O) groups is 2. The third kappa shape index (κ3) is 9.18. The van der Waals surface area contributed by atoms with Crippen molar-refractivity contribution in [3.05, 3.63) is 35.5 Å². The number of thiazole rings is 1. The summed E-state index contributed by atoms with van der Waals surface area (Å²) in [7, 11) is -4.45. The molecule has 4 saturated carbocycles. The van der Waals surface area contributed by atoms with Gasteiger partial charge in [-0.2, -0.15) is 26.3 Å². The van der Waals surface area contributed by atoms with Gasteiger partial charge in [0, 0.05) is 11.3 Å². The minimum Gasteiger partial charge on any atom is -0.463 e. The third-order valence-electron chi connectivity index (χ3n) is 9.66. The molecule has 290 valence electrons. The summed E-state index contributed by atoms with van der Waals surface area (Å²) in [5.74, 6) is 1.56. The van der Waals surface area contributed by atoms with Crippen LogP contribution >= 0.6 is 11.3 Å². The third-order valence-corrected chi connectivity index (χ3v) is 12.7. The molecule has 1 amide bonds. The second kappa shape index (κ2) is 15.7. The lowest BCUT2D eigenvalue weighted by Crippen LogP contribution is -2.53. The summed E-state index contributed by atoms with van der Waals surface area (Å²) in [5, 5.41) is 11.8. The number of alkyl halides is 6. The summed E-state index contributed by atoms with van der Waals surface area (Å²) < 4.78 is 128. The molecule has 2 unspecified atom stereocenters. The Labute approximate surface area is 299 Å². The van der Waals surface area contributed by atoms with Crippen LogP contribution < -0.4 is 10.0 Å². The summed E-state index contributed by atoms with van der Waals surface area (Å²) in [5.41, 5.74) is -7.03. The number of nitrogens with zero attached hydrogens (tertiary/aromatic N) is 1. The lowest BCUT2D eigenvalue weighted by molar-refractivity contribution is -0.376. The van der Waals surface area contributed by atoms with E-state index >= 15 is 0 Å². The summed E-state index contributed by atoms with van der Waals surface area (Å²) in [4.78, 5) is 28.6. The number of amides is 1. The summed E-state index contributed by atoms with van der Waals surface area (Å²) in [6.07, 6.45) is -5.60. The number of nitrogens with one attached hydrogen (secondary N) is 2. The monoisotopic (exact) mass is 787 g/mol. The number of esters is 1. The number of sulfonamides is 1. The predicted octanol–water partition coefficient (Wildman–Crippen LogP) is 5.31. The van der Waals surface area contributed by atoms with Gasteiger partial charge in [0.15, 0.2) is 9.34 Å². The van der Waals surface area contributed by atoms with E-state index in [-0.39, 0.29) is 66.1 Å². The van der Waals surface area contributed by atoms with E-state index in [0.29, 0.717) is 42.0 Å². The number of hydrogen-bond donors (Lipinski definition) is 3. The van der Waals surface area contributed by atoms with Gasteiger partial charge in [0.1, 0.15) is 13.2 Å². The predicted molar refractivity (Wildman–Crippen MR) is 173 cm³/mol. The molecule has 6 rings (SSSR count). The summed E-state index contributed by atoms with van der Waals surface area (Å²) in [6, 6.07) is 1.85. The molecular formula is C32H39F6N3O9S2. The molecule has 0 saturated heterocycles. The van der Waals surface area contributed by atoms with Crippen molar-refractivity contribution < 1.29 is 68.4 Å². The van der Waals surface area contributed by atoms with Crippen molar-refractivity contribution in [1.82, 2.24) is 4.98 Å². The first-order chi connectivity index (χ1) is 24.3. The van der Waals surface area contributed by atoms with Crippen LogP contribution in [0.3, 0.4) is 0 Å². The first-order valence-corrected chi connectivity index (χ1v) is 18.8. The normalized spacial score (nSPS) is 22.9. The van der Waals surface area contributed by atoms with Crippen LogP contribution in [0.4, 0.5) is 37.2 Å². The Morgan fingerprint density at radius 2 is 1.46 bits per heavy atom. The number of anilines is 2. The quantitative estimate of drug-likeness (QED) is 0.103. The number of carbonyl (C=O) groups excluding carboxylic acids is 2. The van der Waals surface area contributed by atoms with Crippen LogP contribution in [0.25, 0.3) is 0 Å². The Bertz CT molecular complexity index is 1650. The van der Waals surface area contributed by atoms with E-state index in [2.05, 4.69) is 10.3 Å². The number of aliphatic hydroxyl groups is 1. The van der Waals surface area contributed by atoms with Crippen LogP contribution in [-0.2, 0) is 44.2 Å². The van der Waals surface area contributed by atoms with Crippen molar-refractivity contribution in [2.75, 3.05) is 56.3 Å². The van der Waals surface area contributed by atoms with E-state index in [1.165, 1.54) is 19.8 Å². The highest BCUT2D eigenvalue weighted by molar-refractivity contribution is 7.94. The molecule has 2 atom stereocenters. The van der Waals surface area contributed by atoms with Crippen LogP contribution in [0.5, 0.6) is 0 Å². The zero-order valence-corrected chi connectivity index (χ0v) is 29.6. The van der Waals surface area contributed by atoms with E-state index in [9.17, 15) is 49.5 Å². The number of ether oxygens (including phenoxy) is 4. The average Bonchev–Trinajstić information content (AvgIpc) is 3.63. The molecule has 52 heavy (non-hydrogen) atoms. The van der Waals surface area contributed by atoms with Gasteiger partial charge in [0.2, 0.25) is 0 Å². The van der Waals surface area contributed by atoms with E-state index in [4.69, 9.17) is 18.9 Å². The van der Waals surface area contributed by atoms with Crippen LogP contribution in [0.2, 0.25) is 0 Å². The number of aromatic nitrogens is 1. The highest BCUT2D eigenvalue weighted by Gasteiger charge is 2.71. The number of rotatable bonds is 18. The van der Waals surface area contributed by atoms with E-state index < -0.39 is 51.7 Å². The van der Waals surface area contributed by atoms with Crippen molar-refractivity contribution in [2.24, 2.45) is 23.2 Å². The van der Waals surface area contributed by atoms with Gasteiger partial charge in [-0.3, -0.25) is 19.6 Å². The molecule has 20 heteroatoms. The standard InChI is InChI=1S/C32H39F6N3O9S2/c1-19-27(52(45,46)41-24-4-2-23(3-5-24)30(44,31(33,34)35)32(36,37)38)51-28(39-19)40-25(42)18-49-9-8-47-6-7-48-10-11-50-26(43)17-29-14-20-12-21(15-29)22(13-20)16-29/h2-5,20-22,41,44H,6-18H2,1H3,(H,39,40,42). The Balaban J connectivity index is 0.943. The van der Waals surface area contributed by atoms with E-state index in [1.807, 2.05) is 4.72 Å². The maximum Gasteiger partial charge on any atom is 0.430 e. The molecule has 3 N–H and O–H groups in total. The fourth-order valence-electron chi connectivity index (χ4n) is 7.68. The molecular weight excluding hydrogens is 748 g/mol. The first-order valence-electron chi connectivity index (χ1n) is 16.5. The number of aryl methyl sites for hydroxylation is 1. The van der Waals surface area contributed by atoms with Gasteiger partial charge < -0.3 is 24.1 Å². The molecule has 0 radical (unpaired) electrons. The highest BCUT2D eigenvalue weighted by atomic mass is 32.2. The van der Waals surface area contributed by atoms with Gasteiger partial charge in [0.05, 0.1) is 45.1 Å². The van der Waals surface area contributed by atoms with Gasteiger partial charge in [-0.15, -0.1) is 0 Å². The Kier molecular flexibility index (Phi) is 12.2. The Morgan fingerprint density at radius 3 is 2.02 bits per heavy atom. The molecule has 12 nitrogen and oxygen atoms in total. The smallest absolute Gasteiger partial charge is 0.430 e. The molecule has 4 aliphatic rings. The topological polar surface area (TPSA) is 162 Å².